The standard InChI is InChI=1S/C22H21ClN4O2/c23-19-6-8-20(9-7-19)26-21(28)17-5-2-10-27(14-17)22(29)16-4-1-3-15(11-16)18-12-24-25-13-18/h1,3-4,6-9,11-13,17H,2,5,10,14H2,(H,24,25)(H,26,28). The van der Waals surface area contributed by atoms with Crippen molar-refractivity contribution in [1.29, 1.82) is 0 Å². The molecule has 0 radical (unpaired) electrons. The number of halogens is 1. The first-order valence-corrected chi connectivity index (χ1v) is 9.93. The lowest BCUT2D eigenvalue weighted by molar-refractivity contribution is -0.121. The lowest BCUT2D eigenvalue weighted by atomic mass is 9.96. The predicted octanol–water partition coefficient (Wildman–Crippen LogP) is 4.22. The molecule has 0 aliphatic carbocycles. The fraction of sp³-hybridized carbons (Fsp3) is 0.227. The van der Waals surface area contributed by atoms with Crippen molar-refractivity contribution in [1.82, 2.24) is 15.1 Å². The van der Waals surface area contributed by atoms with Gasteiger partial charge in [-0.3, -0.25) is 14.7 Å². The summed E-state index contributed by atoms with van der Waals surface area (Å²) in [5, 5.41) is 10.3. The van der Waals surface area contributed by atoms with Crippen molar-refractivity contribution in [3.05, 3.63) is 71.5 Å². The fourth-order valence-electron chi connectivity index (χ4n) is 3.58. The van der Waals surface area contributed by atoms with Crippen LogP contribution in [0.1, 0.15) is 23.2 Å². The first kappa shape index (κ1) is 19.2. The zero-order valence-corrected chi connectivity index (χ0v) is 16.5. The number of H-pyrrole nitrogens is 1. The number of aromatic nitrogens is 2. The number of hydrogen-bond donors (Lipinski definition) is 2. The molecular formula is C22H21ClN4O2. The number of hydrogen-bond acceptors (Lipinski definition) is 3. The van der Waals surface area contributed by atoms with Gasteiger partial charge < -0.3 is 10.2 Å². The highest BCUT2D eigenvalue weighted by Crippen LogP contribution is 2.23. The minimum atomic E-state index is -0.236. The third kappa shape index (κ3) is 4.49. The van der Waals surface area contributed by atoms with Crippen molar-refractivity contribution in [3.63, 3.8) is 0 Å². The van der Waals surface area contributed by atoms with Gasteiger partial charge in [0.05, 0.1) is 12.1 Å². The second-order valence-corrected chi connectivity index (χ2v) is 7.59. The summed E-state index contributed by atoms with van der Waals surface area (Å²) in [6.07, 6.45) is 5.08. The molecule has 2 heterocycles. The van der Waals surface area contributed by atoms with Crippen LogP contribution in [0.15, 0.2) is 60.9 Å². The molecule has 7 heteroatoms. The van der Waals surface area contributed by atoms with E-state index < -0.39 is 0 Å². The van der Waals surface area contributed by atoms with Crippen molar-refractivity contribution in [2.75, 3.05) is 18.4 Å². The second-order valence-electron chi connectivity index (χ2n) is 7.15. The zero-order chi connectivity index (χ0) is 20.2. The van der Waals surface area contributed by atoms with Gasteiger partial charge in [-0.15, -0.1) is 0 Å². The van der Waals surface area contributed by atoms with E-state index in [0.717, 1.165) is 24.0 Å². The molecule has 2 amide bonds. The number of amides is 2. The molecule has 1 unspecified atom stereocenters. The average molecular weight is 409 g/mol. The number of aromatic amines is 1. The number of likely N-dealkylation sites (tertiary alicyclic amines) is 1. The normalized spacial score (nSPS) is 16.4. The Morgan fingerprint density at radius 3 is 2.72 bits per heavy atom. The van der Waals surface area contributed by atoms with Gasteiger partial charge in [0.1, 0.15) is 0 Å². The highest BCUT2D eigenvalue weighted by molar-refractivity contribution is 6.30. The summed E-state index contributed by atoms with van der Waals surface area (Å²) in [6.45, 7) is 1.06. The van der Waals surface area contributed by atoms with Gasteiger partial charge in [-0.1, -0.05) is 23.7 Å². The molecule has 4 rings (SSSR count). The summed E-state index contributed by atoms with van der Waals surface area (Å²) in [5.74, 6) is -0.364. The molecule has 0 spiro atoms. The number of nitrogens with one attached hydrogen (secondary N) is 2. The van der Waals surface area contributed by atoms with Crippen molar-refractivity contribution < 1.29 is 9.59 Å². The van der Waals surface area contributed by atoms with Gasteiger partial charge >= 0.3 is 0 Å². The summed E-state index contributed by atoms with van der Waals surface area (Å²) in [5.41, 5.74) is 3.18. The smallest absolute Gasteiger partial charge is 0.253 e. The molecule has 2 N–H and O–H groups in total. The maximum atomic E-state index is 13.0. The summed E-state index contributed by atoms with van der Waals surface area (Å²) in [4.78, 5) is 27.5. The van der Waals surface area contributed by atoms with Crippen LogP contribution in [0.5, 0.6) is 0 Å². The lowest BCUT2D eigenvalue weighted by Gasteiger charge is -2.32. The maximum Gasteiger partial charge on any atom is 0.253 e. The quantitative estimate of drug-likeness (QED) is 0.678. The van der Waals surface area contributed by atoms with E-state index in [9.17, 15) is 9.59 Å². The lowest BCUT2D eigenvalue weighted by Crippen LogP contribution is -2.43. The SMILES string of the molecule is O=C(Nc1ccc(Cl)cc1)C1CCCN(C(=O)c2cccc(-c3cn[nH]c3)c2)C1. The van der Waals surface area contributed by atoms with Crippen molar-refractivity contribution >= 4 is 29.1 Å². The Kier molecular flexibility index (Phi) is 5.62. The summed E-state index contributed by atoms with van der Waals surface area (Å²) >= 11 is 5.89. The Hall–Kier alpha value is -3.12. The van der Waals surface area contributed by atoms with Gasteiger partial charge in [0.25, 0.3) is 5.91 Å². The van der Waals surface area contributed by atoms with Gasteiger partial charge in [-0.2, -0.15) is 5.10 Å². The second kappa shape index (κ2) is 8.49. The highest BCUT2D eigenvalue weighted by Gasteiger charge is 2.29. The van der Waals surface area contributed by atoms with Crippen LogP contribution >= 0.6 is 11.6 Å². The number of benzene rings is 2. The zero-order valence-electron chi connectivity index (χ0n) is 15.8. The molecule has 3 aromatic rings. The van der Waals surface area contributed by atoms with Crippen LogP contribution in [0.2, 0.25) is 5.02 Å². The topological polar surface area (TPSA) is 78.1 Å². The van der Waals surface area contributed by atoms with E-state index in [-0.39, 0.29) is 17.7 Å². The molecule has 1 saturated heterocycles. The molecular weight excluding hydrogens is 388 g/mol. The molecule has 6 nitrogen and oxygen atoms in total. The van der Waals surface area contributed by atoms with Gasteiger partial charge in [0.15, 0.2) is 0 Å². The van der Waals surface area contributed by atoms with E-state index in [1.165, 1.54) is 0 Å². The molecule has 0 bridgehead atoms. The van der Waals surface area contributed by atoms with Gasteiger partial charge in [-0.05, 0) is 54.8 Å². The number of rotatable bonds is 4. The minimum absolute atomic E-state index is 0.0562. The fourth-order valence-corrected chi connectivity index (χ4v) is 3.70. The van der Waals surface area contributed by atoms with E-state index in [1.54, 1.807) is 41.6 Å². The Balaban J connectivity index is 1.44. The molecule has 1 aliphatic heterocycles. The van der Waals surface area contributed by atoms with E-state index in [0.29, 0.717) is 29.4 Å². The predicted molar refractivity (Wildman–Crippen MR) is 113 cm³/mol. The van der Waals surface area contributed by atoms with E-state index in [2.05, 4.69) is 15.5 Å². The minimum Gasteiger partial charge on any atom is -0.338 e. The van der Waals surface area contributed by atoms with Crippen LogP contribution in [-0.2, 0) is 4.79 Å². The van der Waals surface area contributed by atoms with Gasteiger partial charge in [0.2, 0.25) is 5.91 Å². The molecule has 1 fully saturated rings. The Labute approximate surface area is 173 Å². The largest absolute Gasteiger partial charge is 0.338 e. The maximum absolute atomic E-state index is 13.0. The van der Waals surface area contributed by atoms with Crippen LogP contribution < -0.4 is 5.32 Å². The Morgan fingerprint density at radius 2 is 1.97 bits per heavy atom. The van der Waals surface area contributed by atoms with Gasteiger partial charge in [-0.25, -0.2) is 0 Å². The molecule has 148 valence electrons. The van der Waals surface area contributed by atoms with Crippen molar-refractivity contribution in [2.45, 2.75) is 12.8 Å². The van der Waals surface area contributed by atoms with Crippen molar-refractivity contribution in [3.8, 4) is 11.1 Å². The van der Waals surface area contributed by atoms with Crippen molar-refractivity contribution in [2.24, 2.45) is 5.92 Å². The van der Waals surface area contributed by atoms with Gasteiger partial charge in [0, 0.05) is 41.1 Å². The summed E-state index contributed by atoms with van der Waals surface area (Å²) in [7, 11) is 0. The molecule has 1 atom stereocenters. The Bertz CT molecular complexity index is 1000. The third-order valence-corrected chi connectivity index (χ3v) is 5.38. The number of carbonyl (C=O) groups excluding carboxylic acids is 2. The van der Waals surface area contributed by atoms with E-state index >= 15 is 0 Å². The van der Waals surface area contributed by atoms with Crippen LogP contribution in [0.25, 0.3) is 11.1 Å². The number of piperidine rings is 1. The van der Waals surface area contributed by atoms with E-state index in [1.807, 2.05) is 24.3 Å². The van der Waals surface area contributed by atoms with E-state index in [4.69, 9.17) is 11.6 Å². The first-order valence-electron chi connectivity index (χ1n) is 9.55. The molecule has 29 heavy (non-hydrogen) atoms. The third-order valence-electron chi connectivity index (χ3n) is 5.13. The molecule has 0 saturated carbocycles. The number of carbonyl (C=O) groups is 2. The first-order chi connectivity index (χ1) is 14.1. The summed E-state index contributed by atoms with van der Waals surface area (Å²) in [6, 6.07) is 14.5. The van der Waals surface area contributed by atoms with Crippen LogP contribution in [0.4, 0.5) is 5.69 Å². The molecule has 1 aromatic heterocycles. The van der Waals surface area contributed by atoms with Crippen LogP contribution in [0, 0.1) is 5.92 Å². The number of anilines is 1. The summed E-state index contributed by atoms with van der Waals surface area (Å²) < 4.78 is 0. The number of nitrogens with zero attached hydrogens (tertiary/aromatic N) is 2. The molecule has 1 aliphatic rings. The monoisotopic (exact) mass is 408 g/mol. The molecule has 2 aromatic carbocycles. The van der Waals surface area contributed by atoms with Crippen LogP contribution in [0.3, 0.4) is 0 Å². The van der Waals surface area contributed by atoms with Crippen LogP contribution in [-0.4, -0.2) is 40.0 Å². The average Bonchev–Trinajstić information content (AvgIpc) is 3.30. The highest BCUT2D eigenvalue weighted by atomic mass is 35.5. The Morgan fingerprint density at radius 1 is 1.14 bits per heavy atom.